The first kappa shape index (κ1) is 14.2. The predicted molar refractivity (Wildman–Crippen MR) is 63.3 cm³/mol. The molecule has 1 aromatic rings. The largest absolute Gasteiger partial charge is 0.506 e. The van der Waals surface area contributed by atoms with E-state index in [0.717, 1.165) is 6.07 Å². The van der Waals surface area contributed by atoms with Crippen LogP contribution in [0.1, 0.15) is 18.0 Å². The molecule has 1 aromatic carbocycles. The van der Waals surface area contributed by atoms with Crippen LogP contribution in [-0.2, 0) is 9.53 Å². The molecule has 0 spiro atoms. The van der Waals surface area contributed by atoms with Crippen LogP contribution in [0.2, 0.25) is 5.02 Å². The normalized spacial score (nSPS) is 11.9. The van der Waals surface area contributed by atoms with E-state index < -0.39 is 28.4 Å². The lowest BCUT2D eigenvalue weighted by molar-refractivity contribution is -0.385. The van der Waals surface area contributed by atoms with Gasteiger partial charge in [0.05, 0.1) is 35.1 Å². The van der Waals surface area contributed by atoms with Gasteiger partial charge in [0.2, 0.25) is 0 Å². The number of phenolic OH excluding ortho intramolecular Hbond substituents is 1. The van der Waals surface area contributed by atoms with E-state index in [2.05, 4.69) is 4.74 Å². The number of hydrogen-bond donors (Lipinski definition) is 2. The fourth-order valence-corrected chi connectivity index (χ4v) is 1.63. The molecule has 0 unspecified atom stereocenters. The quantitative estimate of drug-likeness (QED) is 0.488. The van der Waals surface area contributed by atoms with Gasteiger partial charge in [0.15, 0.2) is 0 Å². The molecule has 0 heterocycles. The van der Waals surface area contributed by atoms with Crippen LogP contribution in [0.3, 0.4) is 0 Å². The third kappa shape index (κ3) is 2.88. The molecule has 0 aliphatic rings. The van der Waals surface area contributed by atoms with Gasteiger partial charge in [0.25, 0.3) is 5.69 Å². The van der Waals surface area contributed by atoms with Crippen LogP contribution >= 0.6 is 11.6 Å². The third-order valence-electron chi connectivity index (χ3n) is 2.33. The SMILES string of the molecule is COC(=O)C[C@@H](N)c1c([N+](=O)[O-])ccc(Cl)c1O. The molecule has 0 saturated heterocycles. The first-order valence-corrected chi connectivity index (χ1v) is 5.24. The van der Waals surface area contributed by atoms with Gasteiger partial charge in [-0.2, -0.15) is 0 Å². The Labute approximate surface area is 107 Å². The van der Waals surface area contributed by atoms with Crippen molar-refractivity contribution in [2.75, 3.05) is 7.11 Å². The molecule has 0 bridgehead atoms. The number of hydrogen-bond acceptors (Lipinski definition) is 6. The van der Waals surface area contributed by atoms with Crippen LogP contribution in [0, 0.1) is 10.1 Å². The van der Waals surface area contributed by atoms with E-state index in [1.165, 1.54) is 13.2 Å². The molecule has 0 amide bonds. The molecule has 7 nitrogen and oxygen atoms in total. The number of benzene rings is 1. The number of ether oxygens (including phenoxy) is 1. The molecule has 0 saturated carbocycles. The number of nitro benzene ring substituents is 1. The van der Waals surface area contributed by atoms with Crippen LogP contribution in [0.25, 0.3) is 0 Å². The van der Waals surface area contributed by atoms with Crippen LogP contribution in [0.15, 0.2) is 12.1 Å². The minimum Gasteiger partial charge on any atom is -0.506 e. The van der Waals surface area contributed by atoms with Crippen LogP contribution in [-0.4, -0.2) is 23.1 Å². The topological polar surface area (TPSA) is 116 Å². The van der Waals surface area contributed by atoms with E-state index in [9.17, 15) is 20.0 Å². The van der Waals surface area contributed by atoms with Gasteiger partial charge in [-0.15, -0.1) is 0 Å². The minimum atomic E-state index is -1.07. The molecule has 0 aromatic heterocycles. The molecular weight excluding hydrogens is 264 g/mol. The standard InChI is InChI=1S/C10H11ClN2O5/c1-18-8(14)4-6(12)9-7(13(16)17)3-2-5(11)10(9)15/h2-3,6,15H,4,12H2,1H3/t6-/m1/s1. The Balaban J connectivity index is 3.23. The number of nitro groups is 1. The Kier molecular flexibility index (Phi) is 4.46. The molecule has 0 fully saturated rings. The molecule has 1 atom stereocenters. The lowest BCUT2D eigenvalue weighted by Crippen LogP contribution is -2.17. The number of halogens is 1. The van der Waals surface area contributed by atoms with Crippen molar-refractivity contribution in [2.24, 2.45) is 5.73 Å². The number of esters is 1. The number of rotatable bonds is 4. The van der Waals surface area contributed by atoms with Gasteiger partial charge in [0, 0.05) is 6.07 Å². The van der Waals surface area contributed by atoms with Crippen molar-refractivity contribution in [3.05, 3.63) is 32.8 Å². The van der Waals surface area contributed by atoms with E-state index in [1.54, 1.807) is 0 Å². The van der Waals surface area contributed by atoms with Crippen molar-refractivity contribution < 1.29 is 19.6 Å². The summed E-state index contributed by atoms with van der Waals surface area (Å²) in [6.07, 6.45) is -0.300. The van der Waals surface area contributed by atoms with E-state index in [0.29, 0.717) is 0 Å². The highest BCUT2D eigenvalue weighted by Gasteiger charge is 2.27. The average molecular weight is 275 g/mol. The number of carbonyl (C=O) groups is 1. The molecule has 18 heavy (non-hydrogen) atoms. The molecule has 1 rings (SSSR count). The van der Waals surface area contributed by atoms with Crippen LogP contribution < -0.4 is 5.73 Å². The van der Waals surface area contributed by atoms with E-state index in [4.69, 9.17) is 17.3 Å². The first-order valence-electron chi connectivity index (χ1n) is 4.86. The number of methoxy groups -OCH3 is 1. The lowest BCUT2D eigenvalue weighted by Gasteiger charge is -2.13. The summed E-state index contributed by atoms with van der Waals surface area (Å²) >= 11 is 5.66. The number of phenols is 1. The van der Waals surface area contributed by atoms with Crippen molar-refractivity contribution >= 4 is 23.3 Å². The Morgan fingerprint density at radius 2 is 2.28 bits per heavy atom. The number of aromatic hydroxyl groups is 1. The Bertz CT molecular complexity index is 491. The summed E-state index contributed by atoms with van der Waals surface area (Å²) in [4.78, 5) is 21.2. The van der Waals surface area contributed by atoms with Crippen LogP contribution in [0.4, 0.5) is 5.69 Å². The fourth-order valence-electron chi connectivity index (χ4n) is 1.46. The van der Waals surface area contributed by atoms with Crippen molar-refractivity contribution in [3.8, 4) is 5.75 Å². The summed E-state index contributed by atoms with van der Waals surface area (Å²) in [6, 6.07) is 1.23. The summed E-state index contributed by atoms with van der Waals surface area (Å²) in [7, 11) is 1.17. The second-order valence-electron chi connectivity index (χ2n) is 3.47. The Hall–Kier alpha value is -1.86. The molecule has 0 radical (unpaired) electrons. The molecule has 8 heteroatoms. The summed E-state index contributed by atoms with van der Waals surface area (Å²) in [5.74, 6) is -1.14. The van der Waals surface area contributed by atoms with E-state index >= 15 is 0 Å². The van der Waals surface area contributed by atoms with E-state index in [-0.39, 0.29) is 17.0 Å². The minimum absolute atomic E-state index is 0.0732. The molecule has 3 N–H and O–H groups in total. The first-order chi connectivity index (χ1) is 8.38. The van der Waals surface area contributed by atoms with E-state index in [1.807, 2.05) is 0 Å². The van der Waals surface area contributed by atoms with Gasteiger partial charge >= 0.3 is 5.97 Å². The summed E-state index contributed by atoms with van der Waals surface area (Å²) in [5, 5.41) is 20.5. The highest BCUT2D eigenvalue weighted by molar-refractivity contribution is 6.32. The van der Waals surface area contributed by atoms with Gasteiger partial charge in [-0.25, -0.2) is 0 Å². The van der Waals surface area contributed by atoms with Gasteiger partial charge in [-0.3, -0.25) is 14.9 Å². The maximum atomic E-state index is 11.1. The Morgan fingerprint density at radius 3 is 2.78 bits per heavy atom. The van der Waals surface area contributed by atoms with Crippen LogP contribution in [0.5, 0.6) is 5.75 Å². The zero-order valence-electron chi connectivity index (χ0n) is 9.42. The summed E-state index contributed by atoms with van der Waals surface area (Å²) in [6.45, 7) is 0. The monoisotopic (exact) mass is 274 g/mol. The fraction of sp³-hybridized carbons (Fsp3) is 0.300. The lowest BCUT2D eigenvalue weighted by atomic mass is 10.0. The molecule has 0 aliphatic heterocycles. The van der Waals surface area contributed by atoms with Crippen molar-refractivity contribution in [2.45, 2.75) is 12.5 Å². The zero-order chi connectivity index (χ0) is 13.9. The third-order valence-corrected chi connectivity index (χ3v) is 2.63. The number of nitrogens with zero attached hydrogens (tertiary/aromatic N) is 1. The molecule has 0 aliphatic carbocycles. The van der Waals surface area contributed by atoms with Gasteiger partial charge in [-0.1, -0.05) is 11.6 Å². The average Bonchev–Trinajstić information content (AvgIpc) is 2.31. The van der Waals surface area contributed by atoms with Gasteiger partial charge < -0.3 is 15.6 Å². The second-order valence-corrected chi connectivity index (χ2v) is 3.88. The zero-order valence-corrected chi connectivity index (χ0v) is 10.2. The smallest absolute Gasteiger partial charge is 0.307 e. The summed E-state index contributed by atoms with van der Waals surface area (Å²) in [5.41, 5.74) is 5.08. The second kappa shape index (κ2) is 5.65. The summed E-state index contributed by atoms with van der Waals surface area (Å²) < 4.78 is 4.41. The molecular formula is C10H11ClN2O5. The highest BCUT2D eigenvalue weighted by atomic mass is 35.5. The van der Waals surface area contributed by atoms with Crippen molar-refractivity contribution in [1.82, 2.24) is 0 Å². The van der Waals surface area contributed by atoms with Crippen molar-refractivity contribution in [3.63, 3.8) is 0 Å². The van der Waals surface area contributed by atoms with Crippen molar-refractivity contribution in [1.29, 1.82) is 0 Å². The number of carbonyl (C=O) groups excluding carboxylic acids is 1. The highest BCUT2D eigenvalue weighted by Crippen LogP contribution is 2.38. The predicted octanol–water partition coefficient (Wildman–Crippen LogP) is 1.52. The van der Waals surface area contributed by atoms with Gasteiger partial charge in [0.1, 0.15) is 5.75 Å². The number of nitrogens with two attached hydrogens (primary N) is 1. The molecule has 98 valence electrons. The Morgan fingerprint density at radius 1 is 1.67 bits per heavy atom. The van der Waals surface area contributed by atoms with Gasteiger partial charge in [-0.05, 0) is 6.07 Å². The maximum absolute atomic E-state index is 11.1. The maximum Gasteiger partial charge on any atom is 0.307 e.